The van der Waals surface area contributed by atoms with Crippen molar-refractivity contribution in [2.24, 2.45) is 0 Å². The first-order valence-electron chi connectivity index (χ1n) is 6.01. The van der Waals surface area contributed by atoms with Gasteiger partial charge in [0.1, 0.15) is 5.82 Å². The highest BCUT2D eigenvalue weighted by atomic mass is 35.5. The molecule has 0 amide bonds. The van der Waals surface area contributed by atoms with Gasteiger partial charge in [-0.1, -0.05) is 0 Å². The van der Waals surface area contributed by atoms with E-state index in [-0.39, 0.29) is 0 Å². The van der Waals surface area contributed by atoms with Gasteiger partial charge in [0.05, 0.1) is 6.20 Å². The molecule has 3 rings (SSSR count). The summed E-state index contributed by atoms with van der Waals surface area (Å²) in [6, 6.07) is 4.56. The molecule has 0 radical (unpaired) electrons. The minimum atomic E-state index is 0.617. The van der Waals surface area contributed by atoms with Crippen molar-refractivity contribution in [1.82, 2.24) is 14.6 Å². The number of hydrogen-bond acceptors (Lipinski definition) is 3. The number of nitrogens with zero attached hydrogens (tertiary/aromatic N) is 4. The fourth-order valence-electron chi connectivity index (χ4n) is 2.24. The molecule has 0 spiro atoms. The third-order valence-electron chi connectivity index (χ3n) is 3.38. The van der Waals surface area contributed by atoms with E-state index < -0.39 is 0 Å². The molecule has 0 aromatic carbocycles. The van der Waals surface area contributed by atoms with Gasteiger partial charge in [-0.15, -0.1) is 11.6 Å². The summed E-state index contributed by atoms with van der Waals surface area (Å²) in [5.41, 5.74) is 0.890. The summed E-state index contributed by atoms with van der Waals surface area (Å²) in [5.74, 6) is 1.66. The van der Waals surface area contributed by atoms with Gasteiger partial charge in [-0.2, -0.15) is 5.10 Å². The highest BCUT2D eigenvalue weighted by Gasteiger charge is 2.25. The first-order chi connectivity index (χ1) is 8.38. The normalized spacial score (nSPS) is 16.1. The van der Waals surface area contributed by atoms with Gasteiger partial charge in [-0.3, -0.25) is 0 Å². The zero-order valence-corrected chi connectivity index (χ0v) is 10.3. The molecular weight excluding hydrogens is 236 g/mol. The van der Waals surface area contributed by atoms with E-state index in [1.807, 2.05) is 18.3 Å². The number of aromatic nitrogens is 3. The molecule has 2 aromatic heterocycles. The Morgan fingerprint density at radius 2 is 2.29 bits per heavy atom. The van der Waals surface area contributed by atoms with Crippen LogP contribution in [-0.4, -0.2) is 33.1 Å². The highest BCUT2D eigenvalue weighted by molar-refractivity contribution is 6.18. The molecule has 0 atom stereocenters. The lowest BCUT2D eigenvalue weighted by molar-refractivity contribution is 0.389. The Balaban J connectivity index is 1.92. The average Bonchev–Trinajstić information content (AvgIpc) is 2.72. The molecule has 4 nitrogen and oxygen atoms in total. The maximum absolute atomic E-state index is 5.88. The molecule has 0 N–H and O–H groups in total. The minimum Gasteiger partial charge on any atom is -0.352 e. The van der Waals surface area contributed by atoms with Gasteiger partial charge >= 0.3 is 0 Å². The molecule has 17 heavy (non-hydrogen) atoms. The van der Waals surface area contributed by atoms with Crippen LogP contribution in [0.5, 0.6) is 0 Å². The Kier molecular flexibility index (Phi) is 2.89. The first kappa shape index (κ1) is 10.8. The van der Waals surface area contributed by atoms with Crippen LogP contribution in [0.4, 0.5) is 5.82 Å². The number of fused-ring (bicyclic) bond motifs is 1. The quantitative estimate of drug-likeness (QED) is 0.781. The second-order valence-electron chi connectivity index (χ2n) is 4.39. The van der Waals surface area contributed by atoms with E-state index in [2.05, 4.69) is 15.0 Å². The monoisotopic (exact) mass is 250 g/mol. The van der Waals surface area contributed by atoms with Gasteiger partial charge in [-0.25, -0.2) is 9.50 Å². The summed E-state index contributed by atoms with van der Waals surface area (Å²) in [6.07, 6.45) is 7.54. The SMILES string of the molecule is ClCCN(c1ccn2nccc2n1)C1CCC1. The molecule has 0 saturated heterocycles. The van der Waals surface area contributed by atoms with Crippen LogP contribution in [0.25, 0.3) is 5.65 Å². The zero-order chi connectivity index (χ0) is 11.7. The van der Waals surface area contributed by atoms with Gasteiger partial charge in [0.15, 0.2) is 5.65 Å². The van der Waals surface area contributed by atoms with Crippen LogP contribution in [0.2, 0.25) is 0 Å². The largest absolute Gasteiger partial charge is 0.352 e. The molecule has 90 valence electrons. The van der Waals surface area contributed by atoms with Crippen molar-refractivity contribution >= 4 is 23.1 Å². The Labute approximate surface area is 105 Å². The predicted molar refractivity (Wildman–Crippen MR) is 68.7 cm³/mol. The van der Waals surface area contributed by atoms with Crippen LogP contribution in [0.15, 0.2) is 24.5 Å². The number of hydrogen-bond donors (Lipinski definition) is 0. The van der Waals surface area contributed by atoms with Crippen molar-refractivity contribution < 1.29 is 0 Å². The van der Waals surface area contributed by atoms with Crippen LogP contribution in [0.3, 0.4) is 0 Å². The standard InChI is InChI=1S/C12H15ClN4/c13-6-9-16(10-2-1-3-10)11-5-8-17-12(15-11)4-7-14-17/h4-5,7-8,10H,1-3,6,9H2. The number of halogens is 1. The number of rotatable bonds is 4. The van der Waals surface area contributed by atoms with Crippen molar-refractivity contribution in [3.63, 3.8) is 0 Å². The Morgan fingerprint density at radius 3 is 3.00 bits per heavy atom. The summed E-state index contributed by atoms with van der Waals surface area (Å²) in [7, 11) is 0. The van der Waals surface area contributed by atoms with Crippen LogP contribution in [0, 0.1) is 0 Å². The van der Waals surface area contributed by atoms with Gasteiger partial charge in [0, 0.05) is 30.7 Å². The van der Waals surface area contributed by atoms with Crippen molar-refractivity contribution in [2.75, 3.05) is 17.3 Å². The van der Waals surface area contributed by atoms with Crippen LogP contribution >= 0.6 is 11.6 Å². The van der Waals surface area contributed by atoms with Gasteiger partial charge in [0.2, 0.25) is 0 Å². The molecule has 1 aliphatic carbocycles. The van der Waals surface area contributed by atoms with Crippen molar-refractivity contribution in [1.29, 1.82) is 0 Å². The van der Waals surface area contributed by atoms with E-state index in [0.29, 0.717) is 11.9 Å². The van der Waals surface area contributed by atoms with Gasteiger partial charge < -0.3 is 4.90 Å². The fraction of sp³-hybridized carbons (Fsp3) is 0.500. The number of anilines is 1. The van der Waals surface area contributed by atoms with Crippen molar-refractivity contribution in [3.8, 4) is 0 Å². The van der Waals surface area contributed by atoms with E-state index in [9.17, 15) is 0 Å². The summed E-state index contributed by atoms with van der Waals surface area (Å²) in [5, 5.41) is 4.15. The lowest BCUT2D eigenvalue weighted by Crippen LogP contribution is -2.42. The third kappa shape index (κ3) is 1.97. The second-order valence-corrected chi connectivity index (χ2v) is 4.76. The Bertz CT molecular complexity index is 506. The molecule has 1 saturated carbocycles. The molecular formula is C12H15ClN4. The van der Waals surface area contributed by atoms with Crippen molar-refractivity contribution in [3.05, 3.63) is 24.5 Å². The van der Waals surface area contributed by atoms with E-state index in [1.165, 1.54) is 19.3 Å². The van der Waals surface area contributed by atoms with Crippen LogP contribution < -0.4 is 4.90 Å². The summed E-state index contributed by atoms with van der Waals surface area (Å²) in [6.45, 7) is 0.865. The summed E-state index contributed by atoms with van der Waals surface area (Å²) in [4.78, 5) is 6.95. The topological polar surface area (TPSA) is 33.4 Å². The maximum Gasteiger partial charge on any atom is 0.157 e. The van der Waals surface area contributed by atoms with Gasteiger partial charge in [0.25, 0.3) is 0 Å². The molecule has 0 aliphatic heterocycles. The third-order valence-corrected chi connectivity index (χ3v) is 3.55. The second kappa shape index (κ2) is 4.53. The summed E-state index contributed by atoms with van der Waals surface area (Å²) >= 11 is 5.88. The van der Waals surface area contributed by atoms with Crippen LogP contribution in [-0.2, 0) is 0 Å². The van der Waals surface area contributed by atoms with E-state index in [4.69, 9.17) is 11.6 Å². The van der Waals surface area contributed by atoms with E-state index >= 15 is 0 Å². The molecule has 0 bridgehead atoms. The maximum atomic E-state index is 5.88. The van der Waals surface area contributed by atoms with Crippen molar-refractivity contribution in [2.45, 2.75) is 25.3 Å². The summed E-state index contributed by atoms with van der Waals surface area (Å²) < 4.78 is 1.78. The average molecular weight is 251 g/mol. The molecule has 5 heteroatoms. The fourth-order valence-corrected chi connectivity index (χ4v) is 2.42. The lowest BCUT2D eigenvalue weighted by atomic mass is 9.91. The predicted octanol–water partition coefficient (Wildman–Crippen LogP) is 2.33. The highest BCUT2D eigenvalue weighted by Crippen LogP contribution is 2.28. The zero-order valence-electron chi connectivity index (χ0n) is 9.59. The van der Waals surface area contributed by atoms with Gasteiger partial charge in [-0.05, 0) is 25.3 Å². The number of alkyl halides is 1. The van der Waals surface area contributed by atoms with E-state index in [1.54, 1.807) is 10.7 Å². The molecule has 2 heterocycles. The first-order valence-corrected chi connectivity index (χ1v) is 6.55. The molecule has 2 aromatic rings. The molecule has 1 aliphatic rings. The minimum absolute atomic E-state index is 0.617. The van der Waals surface area contributed by atoms with Crippen LogP contribution in [0.1, 0.15) is 19.3 Å². The smallest absolute Gasteiger partial charge is 0.157 e. The Morgan fingerprint density at radius 1 is 1.41 bits per heavy atom. The molecule has 1 fully saturated rings. The molecule has 0 unspecified atom stereocenters. The Hall–Kier alpha value is -1.29. The van der Waals surface area contributed by atoms with E-state index in [0.717, 1.165) is 18.0 Å². The lowest BCUT2D eigenvalue weighted by Gasteiger charge is -2.38.